The summed E-state index contributed by atoms with van der Waals surface area (Å²) in [5.41, 5.74) is 1.40. The molecule has 3 aromatic rings. The summed E-state index contributed by atoms with van der Waals surface area (Å²) >= 11 is 0. The largest absolute Gasteiger partial charge is 0.418 e. The summed E-state index contributed by atoms with van der Waals surface area (Å²) in [7, 11) is 1.55. The molecule has 3 rings (SSSR count). The summed E-state index contributed by atoms with van der Waals surface area (Å²) in [4.78, 5) is 13.6. The van der Waals surface area contributed by atoms with Crippen molar-refractivity contribution in [3.63, 3.8) is 0 Å². The van der Waals surface area contributed by atoms with Crippen LogP contribution in [0.2, 0.25) is 0 Å². The van der Waals surface area contributed by atoms with E-state index >= 15 is 0 Å². The SMILES string of the molecule is CN(CCCCCc1cc(-c2ccc(F)cc2)n[nH]1)C(=O)Nc1ccccc1C(F)(F)F. The van der Waals surface area contributed by atoms with Crippen LogP contribution in [-0.2, 0) is 12.6 Å². The highest BCUT2D eigenvalue weighted by molar-refractivity contribution is 5.90. The van der Waals surface area contributed by atoms with Gasteiger partial charge in [-0.2, -0.15) is 18.3 Å². The summed E-state index contributed by atoms with van der Waals surface area (Å²) in [6.07, 6.45) is -1.36. The minimum absolute atomic E-state index is 0.256. The van der Waals surface area contributed by atoms with Gasteiger partial charge in [0.15, 0.2) is 0 Å². The first kappa shape index (κ1) is 23.3. The van der Waals surface area contributed by atoms with E-state index in [1.807, 2.05) is 6.07 Å². The zero-order valence-electron chi connectivity index (χ0n) is 17.5. The van der Waals surface area contributed by atoms with Crippen molar-refractivity contribution in [1.82, 2.24) is 15.1 Å². The Morgan fingerprint density at radius 3 is 2.50 bits per heavy atom. The van der Waals surface area contributed by atoms with Gasteiger partial charge in [-0.1, -0.05) is 18.6 Å². The monoisotopic (exact) mass is 448 g/mol. The zero-order valence-corrected chi connectivity index (χ0v) is 17.5. The molecule has 2 amide bonds. The van der Waals surface area contributed by atoms with Gasteiger partial charge in [0.1, 0.15) is 5.82 Å². The molecule has 0 bridgehead atoms. The number of benzene rings is 2. The van der Waals surface area contributed by atoms with Crippen LogP contribution in [0.5, 0.6) is 0 Å². The van der Waals surface area contributed by atoms with E-state index in [1.165, 1.54) is 35.2 Å². The van der Waals surface area contributed by atoms with Crippen molar-refractivity contribution < 1.29 is 22.4 Å². The normalized spacial score (nSPS) is 11.4. The van der Waals surface area contributed by atoms with Crippen LogP contribution in [0.4, 0.5) is 28.0 Å². The lowest BCUT2D eigenvalue weighted by Crippen LogP contribution is -2.32. The van der Waals surface area contributed by atoms with Gasteiger partial charge in [0.05, 0.1) is 16.9 Å². The number of para-hydroxylation sites is 1. The molecule has 0 aliphatic rings. The lowest BCUT2D eigenvalue weighted by atomic mass is 10.1. The molecule has 170 valence electrons. The number of hydrogen-bond donors (Lipinski definition) is 2. The number of nitrogens with one attached hydrogen (secondary N) is 2. The number of carbonyl (C=O) groups is 1. The quantitative estimate of drug-likeness (QED) is 0.323. The summed E-state index contributed by atoms with van der Waals surface area (Å²) < 4.78 is 52.2. The van der Waals surface area contributed by atoms with Crippen molar-refractivity contribution in [3.05, 3.63) is 71.7 Å². The average Bonchev–Trinajstić information content (AvgIpc) is 3.22. The molecular formula is C23H24F4N4O. The third-order valence-corrected chi connectivity index (χ3v) is 5.03. The molecule has 0 radical (unpaired) electrons. The van der Waals surface area contributed by atoms with Gasteiger partial charge in [-0.15, -0.1) is 0 Å². The van der Waals surface area contributed by atoms with Crippen molar-refractivity contribution in [2.45, 2.75) is 31.9 Å². The number of unbranched alkanes of at least 4 members (excludes halogenated alkanes) is 2. The van der Waals surface area contributed by atoms with Crippen LogP contribution < -0.4 is 5.32 Å². The van der Waals surface area contributed by atoms with E-state index in [0.717, 1.165) is 42.3 Å². The fourth-order valence-corrected chi connectivity index (χ4v) is 3.25. The van der Waals surface area contributed by atoms with Crippen molar-refractivity contribution in [3.8, 4) is 11.3 Å². The van der Waals surface area contributed by atoms with Crippen LogP contribution in [0, 0.1) is 5.82 Å². The Morgan fingerprint density at radius 1 is 1.06 bits per heavy atom. The summed E-state index contributed by atoms with van der Waals surface area (Å²) in [5.74, 6) is -0.298. The second-order valence-electron chi connectivity index (χ2n) is 7.49. The highest BCUT2D eigenvalue weighted by atomic mass is 19.4. The van der Waals surface area contributed by atoms with Crippen LogP contribution in [-0.4, -0.2) is 34.7 Å². The van der Waals surface area contributed by atoms with E-state index in [2.05, 4.69) is 15.5 Å². The number of alkyl halides is 3. The van der Waals surface area contributed by atoms with Gasteiger partial charge >= 0.3 is 12.2 Å². The first-order chi connectivity index (χ1) is 15.2. The lowest BCUT2D eigenvalue weighted by Gasteiger charge is -2.20. The Balaban J connectivity index is 1.41. The molecule has 0 saturated carbocycles. The molecular weight excluding hydrogens is 424 g/mol. The topological polar surface area (TPSA) is 61.0 Å². The molecule has 0 unspecified atom stereocenters. The van der Waals surface area contributed by atoms with Gasteiger partial charge in [-0.05, 0) is 61.7 Å². The maximum Gasteiger partial charge on any atom is 0.418 e. The summed E-state index contributed by atoms with van der Waals surface area (Å²) in [6.45, 7) is 0.420. The average molecular weight is 448 g/mol. The molecule has 0 aliphatic carbocycles. The van der Waals surface area contributed by atoms with E-state index < -0.39 is 17.8 Å². The standard InChI is InChI=1S/C23H24F4N4O/c1-31(22(32)28-20-9-5-4-8-19(20)23(25,26)27)14-6-2-3-7-18-15-21(30-29-18)16-10-12-17(24)13-11-16/h4-5,8-13,15H,2-3,6-7,14H2,1H3,(H,28,32)(H,29,30). The van der Waals surface area contributed by atoms with Crippen LogP contribution in [0.25, 0.3) is 11.3 Å². The van der Waals surface area contributed by atoms with Crippen molar-refractivity contribution in [2.24, 2.45) is 0 Å². The number of urea groups is 1. The first-order valence-corrected chi connectivity index (χ1v) is 10.2. The Morgan fingerprint density at radius 2 is 1.78 bits per heavy atom. The molecule has 0 atom stereocenters. The molecule has 1 heterocycles. The molecule has 2 aromatic carbocycles. The smallest absolute Gasteiger partial charge is 0.328 e. The number of carbonyl (C=O) groups excluding carboxylic acids is 1. The molecule has 9 heteroatoms. The number of nitrogens with zero attached hydrogens (tertiary/aromatic N) is 2. The van der Waals surface area contributed by atoms with E-state index in [1.54, 1.807) is 19.2 Å². The van der Waals surface area contributed by atoms with Crippen molar-refractivity contribution in [2.75, 3.05) is 18.9 Å². The summed E-state index contributed by atoms with van der Waals surface area (Å²) in [5, 5.41) is 9.55. The van der Waals surface area contributed by atoms with E-state index in [0.29, 0.717) is 13.0 Å². The number of amides is 2. The highest BCUT2D eigenvalue weighted by Gasteiger charge is 2.33. The third kappa shape index (κ3) is 6.32. The second-order valence-corrected chi connectivity index (χ2v) is 7.49. The van der Waals surface area contributed by atoms with Gasteiger partial charge in [-0.3, -0.25) is 5.10 Å². The van der Waals surface area contributed by atoms with Gasteiger partial charge < -0.3 is 10.2 Å². The zero-order chi connectivity index (χ0) is 23.1. The van der Waals surface area contributed by atoms with Crippen LogP contribution in [0.1, 0.15) is 30.5 Å². The van der Waals surface area contributed by atoms with Gasteiger partial charge in [0.25, 0.3) is 0 Å². The predicted octanol–water partition coefficient (Wildman–Crippen LogP) is 6.11. The molecule has 32 heavy (non-hydrogen) atoms. The Bertz CT molecular complexity index is 1030. The van der Waals surface area contributed by atoms with Crippen LogP contribution in [0.3, 0.4) is 0 Å². The molecule has 1 aromatic heterocycles. The van der Waals surface area contributed by atoms with E-state index in [-0.39, 0.29) is 11.5 Å². The Hall–Kier alpha value is -3.36. The van der Waals surface area contributed by atoms with Crippen molar-refractivity contribution in [1.29, 1.82) is 0 Å². The number of anilines is 1. The molecule has 0 spiro atoms. The number of H-pyrrole nitrogens is 1. The maximum atomic E-state index is 13.1. The highest BCUT2D eigenvalue weighted by Crippen LogP contribution is 2.34. The number of aromatic amines is 1. The minimum atomic E-state index is -4.54. The number of aromatic nitrogens is 2. The molecule has 5 nitrogen and oxygen atoms in total. The third-order valence-electron chi connectivity index (χ3n) is 5.03. The van der Waals surface area contributed by atoms with E-state index in [4.69, 9.17) is 0 Å². The second kappa shape index (κ2) is 10.3. The fraction of sp³-hybridized carbons (Fsp3) is 0.304. The minimum Gasteiger partial charge on any atom is -0.328 e. The Kier molecular flexibility index (Phi) is 7.50. The van der Waals surface area contributed by atoms with Crippen LogP contribution >= 0.6 is 0 Å². The van der Waals surface area contributed by atoms with Gasteiger partial charge in [0, 0.05) is 24.8 Å². The molecule has 0 aliphatic heterocycles. The number of halogens is 4. The maximum absolute atomic E-state index is 13.1. The summed E-state index contributed by atoms with van der Waals surface area (Å²) in [6, 6.07) is 12.4. The lowest BCUT2D eigenvalue weighted by molar-refractivity contribution is -0.136. The molecule has 2 N–H and O–H groups in total. The first-order valence-electron chi connectivity index (χ1n) is 10.2. The number of aryl methyl sites for hydroxylation is 1. The number of hydrogen-bond acceptors (Lipinski definition) is 2. The van der Waals surface area contributed by atoms with Crippen molar-refractivity contribution >= 4 is 11.7 Å². The molecule has 0 fully saturated rings. The van der Waals surface area contributed by atoms with Gasteiger partial charge in [0.2, 0.25) is 0 Å². The predicted molar refractivity (Wildman–Crippen MR) is 115 cm³/mol. The number of rotatable bonds is 8. The van der Waals surface area contributed by atoms with E-state index in [9.17, 15) is 22.4 Å². The van der Waals surface area contributed by atoms with Crippen LogP contribution in [0.15, 0.2) is 54.6 Å². The molecule has 0 saturated heterocycles. The Labute approximate surface area is 183 Å². The van der Waals surface area contributed by atoms with Gasteiger partial charge in [-0.25, -0.2) is 9.18 Å². The fourth-order valence-electron chi connectivity index (χ4n) is 3.25.